The maximum absolute atomic E-state index is 12.0. The van der Waals surface area contributed by atoms with Crippen LogP contribution in [0.5, 0.6) is 11.5 Å². The Morgan fingerprint density at radius 1 is 0.952 bits per heavy atom. The summed E-state index contributed by atoms with van der Waals surface area (Å²) in [6.45, 7) is 4.34. The zero-order valence-corrected chi connectivity index (χ0v) is 12.6. The van der Waals surface area contributed by atoms with Crippen LogP contribution in [0.3, 0.4) is 0 Å². The summed E-state index contributed by atoms with van der Waals surface area (Å²) in [7, 11) is 1.60. The normalized spacial score (nSPS) is 10.5. The van der Waals surface area contributed by atoms with Crippen molar-refractivity contribution < 1.29 is 14.3 Å². The first-order valence-electron chi connectivity index (χ1n) is 7.03. The molecule has 2 aromatic rings. The van der Waals surface area contributed by atoms with Crippen LogP contribution in [-0.2, 0) is 6.42 Å². The van der Waals surface area contributed by atoms with Gasteiger partial charge in [0.2, 0.25) is 0 Å². The molecule has 110 valence electrons. The number of rotatable bonds is 5. The Balaban J connectivity index is 2.02. The van der Waals surface area contributed by atoms with Crippen LogP contribution in [0.4, 0.5) is 0 Å². The molecule has 0 aliphatic rings. The second-order valence-corrected chi connectivity index (χ2v) is 5.36. The topological polar surface area (TPSA) is 35.5 Å². The Labute approximate surface area is 125 Å². The van der Waals surface area contributed by atoms with Crippen molar-refractivity contribution in [3.63, 3.8) is 0 Å². The van der Waals surface area contributed by atoms with Gasteiger partial charge in [-0.1, -0.05) is 26.0 Å². The van der Waals surface area contributed by atoms with E-state index >= 15 is 0 Å². The molecule has 0 bridgehead atoms. The molecule has 0 saturated carbocycles. The van der Waals surface area contributed by atoms with E-state index in [1.54, 1.807) is 31.4 Å². The molecule has 0 heterocycles. The summed E-state index contributed by atoms with van der Waals surface area (Å²) in [5, 5.41) is 0. The van der Waals surface area contributed by atoms with Crippen LogP contribution in [-0.4, -0.2) is 13.1 Å². The molecule has 0 atom stereocenters. The number of benzene rings is 2. The standard InChI is InChI=1S/C18H20O3/c1-13(2)12-14-4-6-15(7-5-14)18(19)21-17-10-8-16(20-3)9-11-17/h4-11,13H,12H2,1-3H3. The summed E-state index contributed by atoms with van der Waals surface area (Å²) >= 11 is 0. The number of carbonyl (C=O) groups is 1. The molecule has 3 nitrogen and oxygen atoms in total. The summed E-state index contributed by atoms with van der Waals surface area (Å²) in [5.74, 6) is 1.48. The lowest BCUT2D eigenvalue weighted by Gasteiger charge is -2.07. The Morgan fingerprint density at radius 3 is 2.05 bits per heavy atom. The predicted molar refractivity (Wildman–Crippen MR) is 82.9 cm³/mol. The van der Waals surface area contributed by atoms with E-state index in [4.69, 9.17) is 9.47 Å². The summed E-state index contributed by atoms with van der Waals surface area (Å²) < 4.78 is 10.4. The molecule has 2 rings (SSSR count). The Bertz CT molecular complexity index is 583. The summed E-state index contributed by atoms with van der Waals surface area (Å²) in [4.78, 5) is 12.0. The van der Waals surface area contributed by atoms with E-state index in [2.05, 4.69) is 13.8 Å². The minimum atomic E-state index is -0.351. The molecular formula is C18H20O3. The van der Waals surface area contributed by atoms with E-state index in [0.29, 0.717) is 17.2 Å². The number of esters is 1. The van der Waals surface area contributed by atoms with E-state index in [-0.39, 0.29) is 5.97 Å². The van der Waals surface area contributed by atoms with Crippen LogP contribution in [0.15, 0.2) is 48.5 Å². The molecule has 0 aromatic heterocycles. The van der Waals surface area contributed by atoms with Crippen molar-refractivity contribution in [2.45, 2.75) is 20.3 Å². The molecule has 3 heteroatoms. The lowest BCUT2D eigenvalue weighted by Crippen LogP contribution is -2.08. The summed E-state index contributed by atoms with van der Waals surface area (Å²) in [6, 6.07) is 14.5. The fourth-order valence-electron chi connectivity index (χ4n) is 2.06. The van der Waals surface area contributed by atoms with Gasteiger partial charge in [0.15, 0.2) is 0 Å². The predicted octanol–water partition coefficient (Wildman–Crippen LogP) is 4.11. The first-order chi connectivity index (χ1) is 10.1. The highest BCUT2D eigenvalue weighted by atomic mass is 16.5. The number of methoxy groups -OCH3 is 1. The van der Waals surface area contributed by atoms with Gasteiger partial charge < -0.3 is 9.47 Å². The van der Waals surface area contributed by atoms with E-state index in [1.807, 2.05) is 24.3 Å². The average Bonchev–Trinajstić information content (AvgIpc) is 2.48. The minimum absolute atomic E-state index is 0.351. The molecule has 0 fully saturated rings. The van der Waals surface area contributed by atoms with E-state index in [9.17, 15) is 4.79 Å². The molecule has 0 N–H and O–H groups in total. The van der Waals surface area contributed by atoms with Gasteiger partial charge in [-0.15, -0.1) is 0 Å². The Morgan fingerprint density at radius 2 is 1.52 bits per heavy atom. The van der Waals surface area contributed by atoms with Crippen LogP contribution < -0.4 is 9.47 Å². The van der Waals surface area contributed by atoms with Crippen LogP contribution in [0, 0.1) is 5.92 Å². The zero-order valence-electron chi connectivity index (χ0n) is 12.6. The van der Waals surface area contributed by atoms with E-state index in [1.165, 1.54) is 5.56 Å². The minimum Gasteiger partial charge on any atom is -0.497 e. The lowest BCUT2D eigenvalue weighted by molar-refractivity contribution is 0.0734. The first kappa shape index (κ1) is 15.1. The van der Waals surface area contributed by atoms with Gasteiger partial charge in [0.1, 0.15) is 11.5 Å². The lowest BCUT2D eigenvalue weighted by atomic mass is 10.0. The van der Waals surface area contributed by atoms with Gasteiger partial charge in [0, 0.05) is 0 Å². The first-order valence-corrected chi connectivity index (χ1v) is 7.03. The maximum Gasteiger partial charge on any atom is 0.343 e. The second kappa shape index (κ2) is 6.93. The van der Waals surface area contributed by atoms with Gasteiger partial charge in [-0.2, -0.15) is 0 Å². The van der Waals surface area contributed by atoms with Gasteiger partial charge in [0.05, 0.1) is 12.7 Å². The van der Waals surface area contributed by atoms with Crippen LogP contribution in [0.25, 0.3) is 0 Å². The third-order valence-corrected chi connectivity index (χ3v) is 3.10. The maximum atomic E-state index is 12.0. The average molecular weight is 284 g/mol. The number of hydrogen-bond acceptors (Lipinski definition) is 3. The van der Waals surface area contributed by atoms with Crippen molar-refractivity contribution in [2.24, 2.45) is 5.92 Å². The van der Waals surface area contributed by atoms with Gasteiger partial charge in [-0.3, -0.25) is 0 Å². The largest absolute Gasteiger partial charge is 0.497 e. The fourth-order valence-corrected chi connectivity index (χ4v) is 2.06. The molecular weight excluding hydrogens is 264 g/mol. The van der Waals surface area contributed by atoms with Gasteiger partial charge in [0.25, 0.3) is 0 Å². The van der Waals surface area contributed by atoms with Crippen LogP contribution in [0.1, 0.15) is 29.8 Å². The third-order valence-electron chi connectivity index (χ3n) is 3.10. The van der Waals surface area contributed by atoms with E-state index < -0.39 is 0 Å². The molecule has 0 aliphatic heterocycles. The second-order valence-electron chi connectivity index (χ2n) is 5.36. The van der Waals surface area contributed by atoms with Crippen molar-refractivity contribution in [3.8, 4) is 11.5 Å². The van der Waals surface area contributed by atoms with Crippen molar-refractivity contribution in [2.75, 3.05) is 7.11 Å². The summed E-state index contributed by atoms with van der Waals surface area (Å²) in [5.41, 5.74) is 1.78. The highest BCUT2D eigenvalue weighted by Crippen LogP contribution is 2.18. The fraction of sp³-hybridized carbons (Fsp3) is 0.278. The molecule has 2 aromatic carbocycles. The summed E-state index contributed by atoms with van der Waals surface area (Å²) in [6.07, 6.45) is 1.01. The van der Waals surface area contributed by atoms with Crippen LogP contribution in [0.2, 0.25) is 0 Å². The molecule has 0 amide bonds. The van der Waals surface area contributed by atoms with Gasteiger partial charge >= 0.3 is 5.97 Å². The monoisotopic (exact) mass is 284 g/mol. The van der Waals surface area contributed by atoms with Gasteiger partial charge in [-0.25, -0.2) is 4.79 Å². The number of carbonyl (C=O) groups excluding carboxylic acids is 1. The van der Waals surface area contributed by atoms with Crippen molar-refractivity contribution in [1.29, 1.82) is 0 Å². The number of hydrogen-bond donors (Lipinski definition) is 0. The third kappa shape index (κ3) is 4.35. The van der Waals surface area contributed by atoms with Crippen molar-refractivity contribution in [1.82, 2.24) is 0 Å². The van der Waals surface area contributed by atoms with Crippen LogP contribution >= 0.6 is 0 Å². The van der Waals surface area contributed by atoms with Crippen molar-refractivity contribution >= 4 is 5.97 Å². The molecule has 0 spiro atoms. The quantitative estimate of drug-likeness (QED) is 0.612. The Hall–Kier alpha value is -2.29. The highest BCUT2D eigenvalue weighted by molar-refractivity contribution is 5.91. The SMILES string of the molecule is COc1ccc(OC(=O)c2ccc(CC(C)C)cc2)cc1. The Kier molecular flexibility index (Phi) is 4.99. The van der Waals surface area contributed by atoms with E-state index in [0.717, 1.165) is 12.2 Å². The molecule has 0 unspecified atom stereocenters. The smallest absolute Gasteiger partial charge is 0.343 e. The molecule has 0 aliphatic carbocycles. The van der Waals surface area contributed by atoms with Crippen molar-refractivity contribution in [3.05, 3.63) is 59.7 Å². The zero-order chi connectivity index (χ0) is 15.2. The molecule has 0 radical (unpaired) electrons. The van der Waals surface area contributed by atoms with Gasteiger partial charge in [-0.05, 0) is 54.3 Å². The molecule has 0 saturated heterocycles. The molecule has 21 heavy (non-hydrogen) atoms. The number of ether oxygens (including phenoxy) is 2. The highest BCUT2D eigenvalue weighted by Gasteiger charge is 2.09.